The summed E-state index contributed by atoms with van der Waals surface area (Å²) in [7, 11) is 0. The molecule has 0 amide bonds. The first-order valence-corrected chi connectivity index (χ1v) is 5.69. The molecule has 2 aliphatic carbocycles. The zero-order valence-electron chi connectivity index (χ0n) is 9.09. The van der Waals surface area contributed by atoms with E-state index in [2.05, 4.69) is 20.8 Å². The lowest BCUT2D eigenvalue weighted by Gasteiger charge is -2.43. The van der Waals surface area contributed by atoms with E-state index < -0.39 is 0 Å². The van der Waals surface area contributed by atoms with Crippen molar-refractivity contribution in [1.82, 2.24) is 0 Å². The Kier molecular flexibility index (Phi) is 2.18. The summed E-state index contributed by atoms with van der Waals surface area (Å²) < 4.78 is 0. The highest BCUT2D eigenvalue weighted by atomic mass is 16.3. The van der Waals surface area contributed by atoms with Gasteiger partial charge in [-0.2, -0.15) is 0 Å². The van der Waals surface area contributed by atoms with Gasteiger partial charge >= 0.3 is 0 Å². The van der Waals surface area contributed by atoms with Crippen molar-refractivity contribution in [1.29, 1.82) is 0 Å². The fraction of sp³-hybridized carbons (Fsp3) is 1.00. The van der Waals surface area contributed by atoms with E-state index in [0.29, 0.717) is 0 Å². The minimum atomic E-state index is -0.0564. The molecule has 0 spiro atoms. The molecule has 0 aromatic carbocycles. The molecular formula is C12H22O. The Labute approximate surface area is 81.5 Å². The molecule has 1 nitrogen and oxygen atoms in total. The molecule has 2 aliphatic rings. The fourth-order valence-electron chi connectivity index (χ4n) is 3.38. The molecule has 0 aromatic heterocycles. The summed E-state index contributed by atoms with van der Waals surface area (Å²) in [5, 5.41) is 9.97. The lowest BCUT2D eigenvalue weighted by Crippen LogP contribution is -2.40. The van der Waals surface area contributed by atoms with Gasteiger partial charge in [0, 0.05) is 0 Å². The van der Waals surface area contributed by atoms with Gasteiger partial charge in [0.2, 0.25) is 0 Å². The van der Waals surface area contributed by atoms with Crippen molar-refractivity contribution in [3.8, 4) is 0 Å². The zero-order valence-corrected chi connectivity index (χ0v) is 9.09. The molecule has 0 aromatic rings. The lowest BCUT2D eigenvalue weighted by atomic mass is 9.65. The lowest BCUT2D eigenvalue weighted by molar-refractivity contribution is -0.0336. The molecule has 0 unspecified atom stereocenters. The van der Waals surface area contributed by atoms with E-state index >= 15 is 0 Å². The van der Waals surface area contributed by atoms with Crippen molar-refractivity contribution in [3.05, 3.63) is 0 Å². The van der Waals surface area contributed by atoms with Crippen LogP contribution in [0.4, 0.5) is 0 Å². The van der Waals surface area contributed by atoms with E-state index in [4.69, 9.17) is 0 Å². The highest BCUT2D eigenvalue weighted by molar-refractivity contribution is 4.95. The molecule has 1 N–H and O–H groups in total. The average molecular weight is 182 g/mol. The molecule has 2 saturated carbocycles. The topological polar surface area (TPSA) is 20.2 Å². The molecule has 0 saturated heterocycles. The van der Waals surface area contributed by atoms with Crippen LogP contribution in [0.5, 0.6) is 0 Å². The Hall–Kier alpha value is -0.0400. The molecule has 0 radical (unpaired) electrons. The number of aliphatic hydroxyl groups excluding tert-OH is 1. The zero-order chi connectivity index (χ0) is 9.64. The molecule has 76 valence electrons. The van der Waals surface area contributed by atoms with Gasteiger partial charge < -0.3 is 5.11 Å². The maximum atomic E-state index is 9.97. The first kappa shape index (κ1) is 9.51. The molecule has 2 rings (SSSR count). The van der Waals surface area contributed by atoms with Gasteiger partial charge in [-0.05, 0) is 42.4 Å². The van der Waals surface area contributed by atoms with Gasteiger partial charge in [0.15, 0.2) is 0 Å². The predicted molar refractivity (Wildman–Crippen MR) is 54.4 cm³/mol. The number of hydrogen-bond acceptors (Lipinski definition) is 1. The second-order valence-corrected chi connectivity index (χ2v) is 5.92. The van der Waals surface area contributed by atoms with E-state index in [1.54, 1.807) is 0 Å². The van der Waals surface area contributed by atoms with Crippen molar-refractivity contribution in [2.24, 2.45) is 23.2 Å². The van der Waals surface area contributed by atoms with Crippen LogP contribution in [0.2, 0.25) is 0 Å². The SMILES string of the molecule is C[C@H]1CC[C@H]2C[C@@H](O)C(C)(C)C[C@@H]21. The molecule has 13 heavy (non-hydrogen) atoms. The quantitative estimate of drug-likeness (QED) is 0.611. The summed E-state index contributed by atoms with van der Waals surface area (Å²) in [5.41, 5.74) is 0.166. The van der Waals surface area contributed by atoms with Crippen LogP contribution in [0.25, 0.3) is 0 Å². The number of hydrogen-bond donors (Lipinski definition) is 1. The first-order chi connectivity index (χ1) is 6.00. The summed E-state index contributed by atoms with van der Waals surface area (Å²) in [4.78, 5) is 0. The van der Waals surface area contributed by atoms with Gasteiger partial charge in [-0.15, -0.1) is 0 Å². The summed E-state index contributed by atoms with van der Waals surface area (Å²) >= 11 is 0. The summed E-state index contributed by atoms with van der Waals surface area (Å²) in [6, 6.07) is 0. The highest BCUT2D eigenvalue weighted by Gasteiger charge is 2.45. The molecule has 4 atom stereocenters. The van der Waals surface area contributed by atoms with Crippen molar-refractivity contribution in [2.45, 2.75) is 52.6 Å². The van der Waals surface area contributed by atoms with Crippen LogP contribution in [0, 0.1) is 23.2 Å². The van der Waals surface area contributed by atoms with E-state index in [0.717, 1.165) is 24.2 Å². The van der Waals surface area contributed by atoms with Gasteiger partial charge in [-0.1, -0.05) is 27.2 Å². The highest BCUT2D eigenvalue weighted by Crippen LogP contribution is 2.51. The summed E-state index contributed by atoms with van der Waals surface area (Å²) in [5.74, 6) is 2.63. The Morgan fingerprint density at radius 3 is 2.62 bits per heavy atom. The van der Waals surface area contributed by atoms with Gasteiger partial charge in [0.25, 0.3) is 0 Å². The van der Waals surface area contributed by atoms with Crippen molar-refractivity contribution in [2.75, 3.05) is 0 Å². The van der Waals surface area contributed by atoms with Crippen LogP contribution in [-0.4, -0.2) is 11.2 Å². The summed E-state index contributed by atoms with van der Waals surface area (Å²) in [6.07, 6.45) is 4.98. The third-order valence-electron chi connectivity index (χ3n) is 4.52. The maximum absolute atomic E-state index is 9.97. The molecule has 0 aliphatic heterocycles. The van der Waals surface area contributed by atoms with E-state index in [-0.39, 0.29) is 11.5 Å². The maximum Gasteiger partial charge on any atom is 0.0594 e. The second kappa shape index (κ2) is 2.98. The predicted octanol–water partition coefficient (Wildman–Crippen LogP) is 2.83. The Balaban J connectivity index is 2.12. The Bertz CT molecular complexity index is 197. The normalized spacial score (nSPS) is 48.9. The van der Waals surface area contributed by atoms with E-state index in [1.807, 2.05) is 0 Å². The third-order valence-corrected chi connectivity index (χ3v) is 4.52. The third kappa shape index (κ3) is 1.52. The summed E-state index contributed by atoms with van der Waals surface area (Å²) in [6.45, 7) is 6.83. The molecular weight excluding hydrogens is 160 g/mol. The van der Waals surface area contributed by atoms with Crippen LogP contribution in [0.1, 0.15) is 46.5 Å². The first-order valence-electron chi connectivity index (χ1n) is 5.69. The monoisotopic (exact) mass is 182 g/mol. The van der Waals surface area contributed by atoms with E-state index in [9.17, 15) is 5.11 Å². The average Bonchev–Trinajstić information content (AvgIpc) is 2.34. The van der Waals surface area contributed by atoms with Crippen LogP contribution in [0.15, 0.2) is 0 Å². The molecule has 0 heterocycles. The van der Waals surface area contributed by atoms with Gasteiger partial charge in [0.05, 0.1) is 6.10 Å². The number of fused-ring (bicyclic) bond motifs is 1. The minimum Gasteiger partial charge on any atom is -0.393 e. The minimum absolute atomic E-state index is 0.0564. The molecule has 2 fully saturated rings. The van der Waals surface area contributed by atoms with Crippen LogP contribution in [0.3, 0.4) is 0 Å². The van der Waals surface area contributed by atoms with Crippen LogP contribution < -0.4 is 0 Å². The standard InChI is InChI=1S/C12H22O/c1-8-4-5-9-6-11(13)12(2,3)7-10(8)9/h8-11,13H,4-7H2,1-3H3/t8-,9-,10+,11+/m0/s1. The van der Waals surface area contributed by atoms with Crippen LogP contribution >= 0.6 is 0 Å². The Morgan fingerprint density at radius 1 is 1.23 bits per heavy atom. The van der Waals surface area contributed by atoms with Crippen molar-refractivity contribution < 1.29 is 5.11 Å². The van der Waals surface area contributed by atoms with Gasteiger partial charge in [-0.3, -0.25) is 0 Å². The van der Waals surface area contributed by atoms with Gasteiger partial charge in [0.1, 0.15) is 0 Å². The smallest absolute Gasteiger partial charge is 0.0594 e. The van der Waals surface area contributed by atoms with Gasteiger partial charge in [-0.25, -0.2) is 0 Å². The largest absolute Gasteiger partial charge is 0.393 e. The second-order valence-electron chi connectivity index (χ2n) is 5.92. The van der Waals surface area contributed by atoms with Crippen LogP contribution in [-0.2, 0) is 0 Å². The number of aliphatic hydroxyl groups is 1. The van der Waals surface area contributed by atoms with Crippen molar-refractivity contribution >= 4 is 0 Å². The van der Waals surface area contributed by atoms with E-state index in [1.165, 1.54) is 19.3 Å². The van der Waals surface area contributed by atoms with Crippen molar-refractivity contribution in [3.63, 3.8) is 0 Å². The molecule has 1 heteroatoms. The number of rotatable bonds is 0. The molecule has 0 bridgehead atoms. The fourth-order valence-corrected chi connectivity index (χ4v) is 3.38. The Morgan fingerprint density at radius 2 is 1.92 bits per heavy atom.